The molecule has 0 unspecified atom stereocenters. The third-order valence-electron chi connectivity index (χ3n) is 6.93. The number of aliphatic hydroxyl groups is 1. The third-order valence-corrected chi connectivity index (χ3v) is 8.74. The van der Waals surface area contributed by atoms with Crippen molar-refractivity contribution in [3.63, 3.8) is 0 Å². The molecule has 0 amide bonds. The van der Waals surface area contributed by atoms with E-state index in [0.717, 1.165) is 29.9 Å². The maximum Gasteiger partial charge on any atom is 0.178 e. The van der Waals surface area contributed by atoms with E-state index in [1.807, 2.05) is 36.4 Å². The first-order chi connectivity index (χ1) is 18.5. The van der Waals surface area contributed by atoms with Gasteiger partial charge in [0.05, 0.1) is 17.3 Å². The van der Waals surface area contributed by atoms with Crippen molar-refractivity contribution in [1.82, 2.24) is 0 Å². The number of unbranched alkanes of at least 4 members (excludes halogenated alkanes) is 13. The summed E-state index contributed by atoms with van der Waals surface area (Å²) in [6.45, 7) is 2.92. The van der Waals surface area contributed by atoms with Crippen molar-refractivity contribution in [2.24, 2.45) is 0 Å². The lowest BCUT2D eigenvalue weighted by Crippen LogP contribution is -2.08. The highest BCUT2D eigenvalue weighted by atomic mass is 32.2. The highest BCUT2D eigenvalue weighted by molar-refractivity contribution is 7.91. The first-order valence-electron chi connectivity index (χ1n) is 14.9. The van der Waals surface area contributed by atoms with Crippen molar-refractivity contribution >= 4 is 22.0 Å². The molecule has 0 heterocycles. The summed E-state index contributed by atoms with van der Waals surface area (Å²) in [6.07, 6.45) is 23.3. The van der Waals surface area contributed by atoms with Gasteiger partial charge in [0.25, 0.3) is 0 Å². The normalized spacial score (nSPS) is 11.8. The number of rotatable bonds is 22. The third kappa shape index (κ3) is 14.2. The Kier molecular flexibility index (Phi) is 16.8. The van der Waals surface area contributed by atoms with Crippen LogP contribution in [0.25, 0.3) is 12.2 Å². The Labute approximate surface area is 232 Å². The van der Waals surface area contributed by atoms with E-state index >= 15 is 0 Å². The van der Waals surface area contributed by atoms with E-state index in [9.17, 15) is 8.42 Å². The van der Waals surface area contributed by atoms with Gasteiger partial charge in [0.2, 0.25) is 0 Å². The number of aliphatic hydroxyl groups excluding tert-OH is 1. The summed E-state index contributed by atoms with van der Waals surface area (Å²) in [5, 5.41) is 8.87. The van der Waals surface area contributed by atoms with Crippen LogP contribution < -0.4 is 4.74 Å². The second-order valence-corrected chi connectivity index (χ2v) is 12.4. The van der Waals surface area contributed by atoms with Gasteiger partial charge in [-0.15, -0.1) is 0 Å². The zero-order chi connectivity index (χ0) is 27.3. The van der Waals surface area contributed by atoms with Crippen LogP contribution in [0.5, 0.6) is 5.75 Å². The molecule has 0 aromatic heterocycles. The first kappa shape index (κ1) is 32.1. The summed E-state index contributed by atoms with van der Waals surface area (Å²) >= 11 is 0. The SMILES string of the molecule is CCCCCCCCCCCCCCCCOc1ccc(C=Cc2ccc(S(=O)(=O)CCCO)cc2)cc1. The van der Waals surface area contributed by atoms with Gasteiger partial charge in [0.1, 0.15) is 5.75 Å². The molecule has 0 aliphatic heterocycles. The molecule has 0 aliphatic carbocycles. The lowest BCUT2D eigenvalue weighted by atomic mass is 10.0. The van der Waals surface area contributed by atoms with Gasteiger partial charge >= 0.3 is 0 Å². The Morgan fingerprint density at radius 1 is 0.632 bits per heavy atom. The average molecular weight is 543 g/mol. The van der Waals surface area contributed by atoms with Crippen LogP contribution in [-0.4, -0.2) is 32.5 Å². The van der Waals surface area contributed by atoms with E-state index in [1.165, 1.54) is 83.5 Å². The average Bonchev–Trinajstić information content (AvgIpc) is 2.94. The van der Waals surface area contributed by atoms with E-state index in [0.29, 0.717) is 4.90 Å². The number of sulfone groups is 1. The Balaban J connectivity index is 1.54. The summed E-state index contributed by atoms with van der Waals surface area (Å²) in [5.74, 6) is 0.862. The molecule has 0 saturated carbocycles. The quantitative estimate of drug-likeness (QED) is 0.119. The maximum absolute atomic E-state index is 12.2. The molecule has 5 heteroatoms. The van der Waals surface area contributed by atoms with Gasteiger partial charge in [-0.05, 0) is 48.2 Å². The Hall–Kier alpha value is -2.11. The molecular formula is C33H50O4S. The fraction of sp³-hybridized carbons (Fsp3) is 0.576. The molecule has 0 aliphatic rings. The molecule has 0 atom stereocenters. The van der Waals surface area contributed by atoms with Crippen molar-refractivity contribution in [2.45, 2.75) is 108 Å². The summed E-state index contributed by atoms with van der Waals surface area (Å²) in [5.41, 5.74) is 2.00. The molecule has 38 heavy (non-hydrogen) atoms. The smallest absolute Gasteiger partial charge is 0.178 e. The van der Waals surface area contributed by atoms with Crippen LogP contribution in [0.4, 0.5) is 0 Å². The second kappa shape index (κ2) is 19.9. The molecule has 1 N–H and O–H groups in total. The number of benzene rings is 2. The standard InChI is InChI=1S/C33H50O4S/c1-2-3-4-5-6-7-8-9-10-11-12-13-14-15-28-37-32-23-19-30(20-24-32)17-18-31-21-25-33(26-22-31)38(35,36)29-16-27-34/h17-26,34H,2-16,27-29H2,1H3. The summed E-state index contributed by atoms with van der Waals surface area (Å²) in [6, 6.07) is 14.9. The van der Waals surface area contributed by atoms with E-state index in [1.54, 1.807) is 24.3 Å². The van der Waals surface area contributed by atoms with E-state index in [4.69, 9.17) is 9.84 Å². The van der Waals surface area contributed by atoms with Gasteiger partial charge < -0.3 is 9.84 Å². The molecule has 2 aromatic rings. The highest BCUT2D eigenvalue weighted by Gasteiger charge is 2.13. The monoisotopic (exact) mass is 542 g/mol. The van der Waals surface area contributed by atoms with E-state index < -0.39 is 9.84 Å². The molecule has 2 aromatic carbocycles. The van der Waals surface area contributed by atoms with Gasteiger partial charge in [-0.1, -0.05) is 127 Å². The Bertz CT molecular complexity index is 979. The zero-order valence-corrected chi connectivity index (χ0v) is 24.4. The predicted octanol–water partition coefficient (Wildman–Crippen LogP) is 8.87. The van der Waals surface area contributed by atoms with Crippen molar-refractivity contribution in [1.29, 1.82) is 0 Å². The fourth-order valence-corrected chi connectivity index (χ4v) is 5.81. The molecule has 0 fully saturated rings. The molecule has 0 bridgehead atoms. The minimum atomic E-state index is -3.33. The van der Waals surface area contributed by atoms with Crippen LogP contribution in [-0.2, 0) is 9.84 Å². The number of hydrogen-bond donors (Lipinski definition) is 1. The zero-order valence-electron chi connectivity index (χ0n) is 23.6. The Morgan fingerprint density at radius 2 is 1.08 bits per heavy atom. The van der Waals surface area contributed by atoms with Crippen LogP contribution >= 0.6 is 0 Å². The topological polar surface area (TPSA) is 63.6 Å². The van der Waals surface area contributed by atoms with Gasteiger partial charge in [-0.25, -0.2) is 8.42 Å². The lowest BCUT2D eigenvalue weighted by molar-refractivity contribution is 0.295. The van der Waals surface area contributed by atoms with Gasteiger partial charge in [-0.2, -0.15) is 0 Å². The first-order valence-corrected chi connectivity index (χ1v) is 16.5. The van der Waals surface area contributed by atoms with Crippen molar-refractivity contribution < 1.29 is 18.3 Å². The molecule has 4 nitrogen and oxygen atoms in total. The largest absolute Gasteiger partial charge is 0.494 e. The predicted molar refractivity (Wildman–Crippen MR) is 161 cm³/mol. The highest BCUT2D eigenvalue weighted by Crippen LogP contribution is 2.18. The lowest BCUT2D eigenvalue weighted by Gasteiger charge is -2.07. The fourth-order valence-electron chi connectivity index (χ4n) is 4.51. The van der Waals surface area contributed by atoms with Crippen LogP contribution in [0.2, 0.25) is 0 Å². The molecule has 0 radical (unpaired) electrons. The van der Waals surface area contributed by atoms with Crippen LogP contribution in [0.1, 0.15) is 114 Å². The molecule has 0 saturated heterocycles. The van der Waals surface area contributed by atoms with Crippen LogP contribution in [0.15, 0.2) is 53.4 Å². The van der Waals surface area contributed by atoms with Crippen LogP contribution in [0.3, 0.4) is 0 Å². The van der Waals surface area contributed by atoms with E-state index in [-0.39, 0.29) is 18.8 Å². The number of ether oxygens (including phenoxy) is 1. The van der Waals surface area contributed by atoms with Gasteiger partial charge in [0.15, 0.2) is 9.84 Å². The summed E-state index contributed by atoms with van der Waals surface area (Å²) in [4.78, 5) is 0.295. The number of hydrogen-bond acceptors (Lipinski definition) is 4. The molecule has 2 rings (SSSR count). The minimum Gasteiger partial charge on any atom is -0.494 e. The minimum absolute atomic E-state index is 0.0352. The van der Waals surface area contributed by atoms with Crippen molar-refractivity contribution in [2.75, 3.05) is 19.0 Å². The van der Waals surface area contributed by atoms with Crippen molar-refractivity contribution in [3.8, 4) is 5.75 Å². The van der Waals surface area contributed by atoms with Crippen LogP contribution in [0, 0.1) is 0 Å². The van der Waals surface area contributed by atoms with Crippen molar-refractivity contribution in [3.05, 3.63) is 59.7 Å². The van der Waals surface area contributed by atoms with Gasteiger partial charge in [-0.3, -0.25) is 0 Å². The summed E-state index contributed by atoms with van der Waals surface area (Å²) < 4.78 is 30.3. The maximum atomic E-state index is 12.2. The second-order valence-electron chi connectivity index (χ2n) is 10.3. The molecule has 0 spiro atoms. The van der Waals surface area contributed by atoms with E-state index in [2.05, 4.69) is 6.92 Å². The summed E-state index contributed by atoms with van der Waals surface area (Å²) in [7, 11) is -3.33. The Morgan fingerprint density at radius 3 is 1.55 bits per heavy atom. The van der Waals surface area contributed by atoms with Gasteiger partial charge in [0, 0.05) is 6.61 Å². The molecular weight excluding hydrogens is 492 g/mol. The molecule has 212 valence electrons.